The Morgan fingerprint density at radius 2 is 2.17 bits per heavy atom. The molecule has 0 saturated carbocycles. The van der Waals surface area contributed by atoms with Crippen LogP contribution in [-0.4, -0.2) is 28.3 Å². The van der Waals surface area contributed by atoms with Gasteiger partial charge < -0.3 is 9.52 Å². The number of rotatable bonds is 7. The molecule has 0 saturated heterocycles. The molecule has 0 aromatic carbocycles. The van der Waals surface area contributed by atoms with Gasteiger partial charge in [-0.25, -0.2) is 4.98 Å². The number of unbranched alkanes of at least 4 members (excludes halogenated alkanes) is 2. The molecule has 2 aromatic heterocycles. The van der Waals surface area contributed by atoms with Crippen molar-refractivity contribution in [1.29, 1.82) is 0 Å². The maximum absolute atomic E-state index is 12.8. The number of fused-ring (bicyclic) bond motifs is 1. The Kier molecular flexibility index (Phi) is 4.49. The van der Waals surface area contributed by atoms with E-state index in [1.54, 1.807) is 24.4 Å². The molecule has 24 heavy (non-hydrogen) atoms. The van der Waals surface area contributed by atoms with Crippen molar-refractivity contribution >= 4 is 17.5 Å². The number of ketones is 1. The first-order chi connectivity index (χ1) is 11.6. The summed E-state index contributed by atoms with van der Waals surface area (Å²) in [6, 6.07) is 6.42. The summed E-state index contributed by atoms with van der Waals surface area (Å²) in [5, 5.41) is 11.0. The minimum atomic E-state index is -1.89. The second-order valence-electron chi connectivity index (χ2n) is 5.98. The molecule has 0 fully saturated rings. The summed E-state index contributed by atoms with van der Waals surface area (Å²) in [6.07, 6.45) is 5.44. The van der Waals surface area contributed by atoms with Crippen LogP contribution in [-0.2, 0) is 10.4 Å². The lowest BCUT2D eigenvalue weighted by Gasteiger charge is -2.22. The summed E-state index contributed by atoms with van der Waals surface area (Å²) in [6.45, 7) is 2.56. The number of aliphatic hydroxyl groups is 1. The highest BCUT2D eigenvalue weighted by Gasteiger charge is 2.51. The van der Waals surface area contributed by atoms with E-state index in [9.17, 15) is 14.7 Å². The molecule has 6 heteroatoms. The second kappa shape index (κ2) is 6.57. The number of aromatic nitrogens is 1. The number of carbonyl (C=O) groups excluding carboxylic acids is 2. The Hall–Kier alpha value is -2.47. The fourth-order valence-corrected chi connectivity index (χ4v) is 3.02. The standard InChI is InChI=1S/C18H20N2O4/c1-2-3-4-10-20-16-13(7-5-9-19-16)18(23,17(20)22)12-14(21)15-8-6-11-24-15/h5-9,11,23H,2-4,10,12H2,1H3. The predicted molar refractivity (Wildman–Crippen MR) is 87.7 cm³/mol. The van der Waals surface area contributed by atoms with Crippen LogP contribution in [0.2, 0.25) is 0 Å². The minimum absolute atomic E-state index is 0.131. The van der Waals surface area contributed by atoms with E-state index in [0.717, 1.165) is 19.3 Å². The predicted octanol–water partition coefficient (Wildman–Crippen LogP) is 2.67. The van der Waals surface area contributed by atoms with Gasteiger partial charge in [0.15, 0.2) is 11.4 Å². The van der Waals surface area contributed by atoms with Crippen LogP contribution in [0.15, 0.2) is 41.1 Å². The molecule has 0 bridgehead atoms. The summed E-state index contributed by atoms with van der Waals surface area (Å²) in [4.78, 5) is 30.9. The summed E-state index contributed by atoms with van der Waals surface area (Å²) >= 11 is 0. The second-order valence-corrected chi connectivity index (χ2v) is 5.98. The van der Waals surface area contributed by atoms with Crippen LogP contribution in [0.1, 0.15) is 48.7 Å². The van der Waals surface area contributed by atoms with Crippen LogP contribution in [0.3, 0.4) is 0 Å². The normalized spacial score (nSPS) is 19.6. The number of hydrogen-bond donors (Lipinski definition) is 1. The lowest BCUT2D eigenvalue weighted by Crippen LogP contribution is -2.42. The van der Waals surface area contributed by atoms with Crippen molar-refractivity contribution < 1.29 is 19.1 Å². The molecule has 0 aliphatic carbocycles. The molecule has 1 aliphatic heterocycles. The molecular weight excluding hydrogens is 308 g/mol. The summed E-state index contributed by atoms with van der Waals surface area (Å²) in [5.74, 6) is -0.340. The minimum Gasteiger partial charge on any atom is -0.461 e. The average molecular weight is 328 g/mol. The lowest BCUT2D eigenvalue weighted by molar-refractivity contribution is -0.135. The van der Waals surface area contributed by atoms with Crippen molar-refractivity contribution in [1.82, 2.24) is 4.98 Å². The number of anilines is 1. The Labute approximate surface area is 140 Å². The first-order valence-electron chi connectivity index (χ1n) is 8.14. The van der Waals surface area contributed by atoms with Gasteiger partial charge in [0.2, 0.25) is 5.78 Å². The molecule has 3 heterocycles. The van der Waals surface area contributed by atoms with Gasteiger partial charge in [0.1, 0.15) is 5.82 Å². The van der Waals surface area contributed by atoms with Gasteiger partial charge in [-0.05, 0) is 24.6 Å². The zero-order chi connectivity index (χ0) is 17.2. The van der Waals surface area contributed by atoms with Crippen LogP contribution in [0, 0.1) is 0 Å². The largest absolute Gasteiger partial charge is 0.461 e. The number of carbonyl (C=O) groups is 2. The van der Waals surface area contributed by atoms with Gasteiger partial charge in [0.05, 0.1) is 12.7 Å². The van der Waals surface area contributed by atoms with E-state index in [2.05, 4.69) is 11.9 Å². The third kappa shape index (κ3) is 2.73. The quantitative estimate of drug-likeness (QED) is 0.624. The van der Waals surface area contributed by atoms with Gasteiger partial charge in [-0.2, -0.15) is 0 Å². The van der Waals surface area contributed by atoms with Gasteiger partial charge in [0.25, 0.3) is 5.91 Å². The van der Waals surface area contributed by atoms with E-state index in [0.29, 0.717) is 17.9 Å². The molecule has 1 atom stereocenters. The number of hydrogen-bond acceptors (Lipinski definition) is 5. The highest BCUT2D eigenvalue weighted by atomic mass is 16.3. The Bertz CT molecular complexity index is 741. The summed E-state index contributed by atoms with van der Waals surface area (Å²) in [5.41, 5.74) is -1.51. The molecule has 3 rings (SSSR count). The molecule has 1 amide bonds. The van der Waals surface area contributed by atoms with Crippen molar-refractivity contribution in [2.45, 2.75) is 38.2 Å². The fourth-order valence-electron chi connectivity index (χ4n) is 3.02. The zero-order valence-corrected chi connectivity index (χ0v) is 13.6. The number of furan rings is 1. The maximum atomic E-state index is 12.8. The molecule has 2 aromatic rings. The van der Waals surface area contributed by atoms with Crippen LogP contribution in [0.5, 0.6) is 0 Å². The first-order valence-corrected chi connectivity index (χ1v) is 8.14. The molecule has 1 unspecified atom stereocenters. The molecule has 1 aliphatic rings. The molecular formula is C18H20N2O4. The van der Waals surface area contributed by atoms with Crippen molar-refractivity contribution in [2.24, 2.45) is 0 Å². The van der Waals surface area contributed by atoms with E-state index >= 15 is 0 Å². The monoisotopic (exact) mass is 328 g/mol. The molecule has 126 valence electrons. The summed E-state index contributed by atoms with van der Waals surface area (Å²) < 4.78 is 5.08. The third-order valence-corrected chi connectivity index (χ3v) is 4.28. The van der Waals surface area contributed by atoms with E-state index in [1.807, 2.05) is 0 Å². The number of pyridine rings is 1. The summed E-state index contributed by atoms with van der Waals surface area (Å²) in [7, 11) is 0. The van der Waals surface area contributed by atoms with Crippen molar-refractivity contribution in [2.75, 3.05) is 11.4 Å². The van der Waals surface area contributed by atoms with E-state index in [4.69, 9.17) is 4.42 Å². The van der Waals surface area contributed by atoms with E-state index in [-0.39, 0.29) is 12.2 Å². The van der Waals surface area contributed by atoms with Gasteiger partial charge in [-0.1, -0.05) is 25.8 Å². The zero-order valence-electron chi connectivity index (χ0n) is 13.6. The lowest BCUT2D eigenvalue weighted by atomic mass is 9.90. The van der Waals surface area contributed by atoms with Crippen molar-refractivity contribution in [3.63, 3.8) is 0 Å². The Balaban J connectivity index is 1.90. The molecule has 0 radical (unpaired) electrons. The molecule has 1 N–H and O–H groups in total. The smallest absolute Gasteiger partial charge is 0.265 e. The average Bonchev–Trinajstić information content (AvgIpc) is 3.18. The highest BCUT2D eigenvalue weighted by Crippen LogP contribution is 2.41. The Morgan fingerprint density at radius 3 is 2.88 bits per heavy atom. The van der Waals surface area contributed by atoms with Crippen LogP contribution >= 0.6 is 0 Å². The van der Waals surface area contributed by atoms with E-state index in [1.165, 1.54) is 17.2 Å². The van der Waals surface area contributed by atoms with Crippen molar-refractivity contribution in [3.8, 4) is 0 Å². The van der Waals surface area contributed by atoms with Crippen molar-refractivity contribution in [3.05, 3.63) is 48.0 Å². The maximum Gasteiger partial charge on any atom is 0.265 e. The van der Waals surface area contributed by atoms with E-state index < -0.39 is 17.3 Å². The SMILES string of the molecule is CCCCCN1C(=O)C(O)(CC(=O)c2ccco2)c2cccnc21. The number of nitrogens with zero attached hydrogens (tertiary/aromatic N) is 2. The molecule has 6 nitrogen and oxygen atoms in total. The number of amides is 1. The Morgan fingerprint density at radius 1 is 1.33 bits per heavy atom. The van der Waals surface area contributed by atoms with Gasteiger partial charge in [-0.15, -0.1) is 0 Å². The molecule has 0 spiro atoms. The van der Waals surface area contributed by atoms with Gasteiger partial charge in [0, 0.05) is 18.3 Å². The van der Waals surface area contributed by atoms with Crippen LogP contribution in [0.25, 0.3) is 0 Å². The number of Topliss-reactive ketones (excluding diaryl/α,β-unsaturated/α-hetero) is 1. The third-order valence-electron chi connectivity index (χ3n) is 4.28. The van der Waals surface area contributed by atoms with Crippen LogP contribution < -0.4 is 4.90 Å². The highest BCUT2D eigenvalue weighted by molar-refractivity contribution is 6.09. The first kappa shape index (κ1) is 16.4. The fraction of sp³-hybridized carbons (Fsp3) is 0.389. The van der Waals surface area contributed by atoms with Gasteiger partial charge in [-0.3, -0.25) is 14.5 Å². The van der Waals surface area contributed by atoms with Crippen LogP contribution in [0.4, 0.5) is 5.82 Å². The van der Waals surface area contributed by atoms with Gasteiger partial charge >= 0.3 is 0 Å². The topological polar surface area (TPSA) is 83.6 Å².